The number of rotatable bonds is 12. The molecule has 1 unspecified atom stereocenters. The van der Waals surface area contributed by atoms with Crippen molar-refractivity contribution in [1.82, 2.24) is 10.2 Å². The summed E-state index contributed by atoms with van der Waals surface area (Å²) in [5, 5.41) is 11.3. The van der Waals surface area contributed by atoms with Gasteiger partial charge in [-0.2, -0.15) is 4.99 Å². The number of methoxy groups -OCH3 is 1. The lowest BCUT2D eigenvalue weighted by atomic mass is 9.85. The number of ether oxygens (including phenoxy) is 2. The molecule has 4 N–H and O–H groups in total. The molecule has 198 valence electrons. The number of aliphatic hydroxyl groups excluding tert-OH is 1. The first-order valence-electron chi connectivity index (χ1n) is 12.6. The van der Waals surface area contributed by atoms with Crippen LogP contribution in [0.2, 0.25) is 0 Å². The first-order chi connectivity index (χ1) is 17.5. The number of aliphatic imine (C=N–C) groups is 1. The molecule has 1 aliphatic heterocycles. The number of nitrogens with one attached hydrogen (secondary N) is 1. The minimum atomic E-state index is 0.0659. The average molecular weight is 501 g/mol. The molecule has 36 heavy (non-hydrogen) atoms. The predicted octanol–water partition coefficient (Wildman–Crippen LogP) is 3.14. The Morgan fingerprint density at radius 2 is 2.06 bits per heavy atom. The van der Waals surface area contributed by atoms with Gasteiger partial charge < -0.3 is 30.5 Å². The number of hydrogen-bond acceptors (Lipinski definition) is 6. The lowest BCUT2D eigenvalue weighted by molar-refractivity contribution is -0.126. The van der Waals surface area contributed by atoms with Crippen LogP contribution in [0.15, 0.2) is 53.4 Å². The van der Waals surface area contributed by atoms with Crippen molar-refractivity contribution in [2.45, 2.75) is 57.9 Å². The molecule has 3 rings (SSSR count). The van der Waals surface area contributed by atoms with Gasteiger partial charge >= 0.3 is 0 Å². The van der Waals surface area contributed by atoms with Gasteiger partial charge in [-0.3, -0.25) is 9.59 Å². The van der Waals surface area contributed by atoms with E-state index < -0.39 is 0 Å². The second kappa shape index (κ2) is 16.4. The third-order valence-corrected chi connectivity index (χ3v) is 6.17. The molecule has 1 aliphatic carbocycles. The van der Waals surface area contributed by atoms with E-state index in [2.05, 4.69) is 17.2 Å². The number of amides is 2. The van der Waals surface area contributed by atoms with Crippen molar-refractivity contribution in [3.8, 4) is 11.5 Å². The molecular formula is C27H40N4O5. The number of nitrogens with two attached hydrogens (primary N) is 1. The van der Waals surface area contributed by atoms with Crippen LogP contribution in [-0.4, -0.2) is 61.0 Å². The van der Waals surface area contributed by atoms with Gasteiger partial charge in [0.15, 0.2) is 0 Å². The quantitative estimate of drug-likeness (QED) is 0.174. The zero-order chi connectivity index (χ0) is 26.2. The summed E-state index contributed by atoms with van der Waals surface area (Å²) in [6.45, 7) is 3.54. The standard InChI is InChI=1S/C20H27NO3.C7H13N3O2/c1-15(11-16-7-4-3-5-8-16)21-14-19(13-20(21)22)24-18-10-6-9-17(12-18)23-2;8-7(10-6-12)2-4-9-3-1-5-11/h6,9-10,12-13,15-16H,3-5,7-8,11,14H2,1-2H3;2,4,6,9,11H,1,3,5H2,(H2,8,10,12)/b;4-2-. The van der Waals surface area contributed by atoms with E-state index in [0.29, 0.717) is 37.4 Å². The fraction of sp³-hybridized carbons (Fsp3) is 0.519. The lowest BCUT2D eigenvalue weighted by Crippen LogP contribution is -2.36. The Kier molecular flexibility index (Phi) is 13.1. The lowest BCUT2D eigenvalue weighted by Gasteiger charge is -2.30. The molecular weight excluding hydrogens is 460 g/mol. The van der Waals surface area contributed by atoms with Crippen molar-refractivity contribution in [2.75, 3.05) is 26.8 Å². The maximum Gasteiger partial charge on any atom is 0.250 e. The van der Waals surface area contributed by atoms with Gasteiger partial charge in [0.25, 0.3) is 5.91 Å². The smallest absolute Gasteiger partial charge is 0.250 e. The van der Waals surface area contributed by atoms with Gasteiger partial charge in [0.05, 0.1) is 13.7 Å². The van der Waals surface area contributed by atoms with E-state index in [-0.39, 0.29) is 24.4 Å². The summed E-state index contributed by atoms with van der Waals surface area (Å²) in [5.74, 6) is 3.15. The summed E-state index contributed by atoms with van der Waals surface area (Å²) in [6, 6.07) is 7.74. The van der Waals surface area contributed by atoms with Crippen molar-refractivity contribution in [3.63, 3.8) is 0 Å². The SMILES string of the molecule is COc1cccc(OC2=CC(=O)N(C(C)CC3CCCCC3)C2)c1.NC(/C=C\NCCCO)=NC=O. The highest BCUT2D eigenvalue weighted by molar-refractivity contribution is 5.95. The summed E-state index contributed by atoms with van der Waals surface area (Å²) in [7, 11) is 1.63. The van der Waals surface area contributed by atoms with E-state index in [1.165, 1.54) is 38.2 Å². The molecule has 1 fully saturated rings. The Morgan fingerprint density at radius 3 is 2.75 bits per heavy atom. The molecule has 9 nitrogen and oxygen atoms in total. The van der Waals surface area contributed by atoms with Crippen LogP contribution in [0.3, 0.4) is 0 Å². The summed E-state index contributed by atoms with van der Waals surface area (Å²) in [4.78, 5) is 27.3. The van der Waals surface area contributed by atoms with Crippen LogP contribution in [0.5, 0.6) is 11.5 Å². The van der Waals surface area contributed by atoms with E-state index in [1.54, 1.807) is 19.4 Å². The number of carbonyl (C=O) groups excluding carboxylic acids is 2. The van der Waals surface area contributed by atoms with Gasteiger partial charge in [-0.15, -0.1) is 0 Å². The van der Waals surface area contributed by atoms with Crippen LogP contribution < -0.4 is 20.5 Å². The van der Waals surface area contributed by atoms with Crippen LogP contribution in [0.25, 0.3) is 0 Å². The number of hydrogen-bond donors (Lipinski definition) is 3. The number of aliphatic hydroxyl groups is 1. The molecule has 1 saturated carbocycles. The van der Waals surface area contributed by atoms with Crippen LogP contribution in [0.1, 0.15) is 51.9 Å². The Morgan fingerprint density at radius 1 is 1.31 bits per heavy atom. The molecule has 2 amide bonds. The van der Waals surface area contributed by atoms with Gasteiger partial charge in [-0.25, -0.2) is 0 Å². The fourth-order valence-electron chi connectivity index (χ4n) is 4.31. The van der Waals surface area contributed by atoms with Crippen molar-refractivity contribution in [3.05, 3.63) is 48.4 Å². The normalized spacial score (nSPS) is 17.3. The maximum atomic E-state index is 12.3. The van der Waals surface area contributed by atoms with Gasteiger partial charge in [0.1, 0.15) is 23.1 Å². The summed E-state index contributed by atoms with van der Waals surface area (Å²) in [6.07, 6.45) is 13.5. The van der Waals surface area contributed by atoms with Crippen molar-refractivity contribution in [1.29, 1.82) is 0 Å². The van der Waals surface area contributed by atoms with E-state index in [0.717, 1.165) is 18.1 Å². The minimum Gasteiger partial charge on any atom is -0.497 e. The van der Waals surface area contributed by atoms with Crippen LogP contribution >= 0.6 is 0 Å². The molecule has 0 radical (unpaired) electrons. The Labute approximate surface area is 214 Å². The van der Waals surface area contributed by atoms with E-state index in [4.69, 9.17) is 20.3 Å². The molecule has 9 heteroatoms. The monoisotopic (exact) mass is 500 g/mol. The molecule has 2 aliphatic rings. The molecule has 1 heterocycles. The number of carbonyl (C=O) groups is 2. The summed E-state index contributed by atoms with van der Waals surface area (Å²) < 4.78 is 11.1. The highest BCUT2D eigenvalue weighted by atomic mass is 16.5. The van der Waals surface area contributed by atoms with Gasteiger partial charge in [-0.1, -0.05) is 38.2 Å². The second-order valence-electron chi connectivity index (χ2n) is 8.97. The van der Waals surface area contributed by atoms with Gasteiger partial charge in [-0.05, 0) is 43.9 Å². The fourth-order valence-corrected chi connectivity index (χ4v) is 4.31. The zero-order valence-electron chi connectivity index (χ0n) is 21.4. The second-order valence-corrected chi connectivity index (χ2v) is 8.97. The topological polar surface area (TPSA) is 126 Å². The van der Waals surface area contributed by atoms with Crippen molar-refractivity contribution >= 4 is 18.2 Å². The Bertz CT molecular complexity index is 909. The Balaban J connectivity index is 0.000000324. The first kappa shape index (κ1) is 28.9. The van der Waals surface area contributed by atoms with Crippen molar-refractivity contribution < 1.29 is 24.2 Å². The van der Waals surface area contributed by atoms with Crippen LogP contribution in [0.4, 0.5) is 0 Å². The molecule has 0 saturated heterocycles. The number of amidine groups is 1. The molecule has 1 atom stereocenters. The predicted molar refractivity (Wildman–Crippen MR) is 141 cm³/mol. The van der Waals surface area contributed by atoms with Gasteiger partial charge in [0.2, 0.25) is 6.41 Å². The third-order valence-electron chi connectivity index (χ3n) is 6.17. The van der Waals surface area contributed by atoms with Crippen LogP contribution in [-0.2, 0) is 9.59 Å². The highest BCUT2D eigenvalue weighted by Gasteiger charge is 2.29. The van der Waals surface area contributed by atoms with E-state index in [1.807, 2.05) is 29.2 Å². The first-order valence-corrected chi connectivity index (χ1v) is 12.6. The summed E-state index contributed by atoms with van der Waals surface area (Å²) in [5.41, 5.74) is 5.24. The maximum absolute atomic E-state index is 12.3. The van der Waals surface area contributed by atoms with Crippen molar-refractivity contribution in [2.24, 2.45) is 16.6 Å². The minimum absolute atomic E-state index is 0.0659. The largest absolute Gasteiger partial charge is 0.497 e. The van der Waals surface area contributed by atoms with Crippen LogP contribution in [0, 0.1) is 5.92 Å². The Hall–Kier alpha value is -3.33. The number of benzene rings is 1. The third kappa shape index (κ3) is 10.5. The molecule has 1 aromatic carbocycles. The average Bonchev–Trinajstić information content (AvgIpc) is 3.25. The summed E-state index contributed by atoms with van der Waals surface area (Å²) >= 11 is 0. The van der Waals surface area contributed by atoms with E-state index in [9.17, 15) is 9.59 Å². The molecule has 0 spiro atoms. The number of nitrogens with zero attached hydrogens (tertiary/aromatic N) is 2. The molecule has 0 aromatic heterocycles. The van der Waals surface area contributed by atoms with E-state index >= 15 is 0 Å². The highest BCUT2D eigenvalue weighted by Crippen LogP contribution is 2.30. The molecule has 0 bridgehead atoms. The van der Waals surface area contributed by atoms with Gasteiger partial charge in [0, 0.05) is 37.5 Å². The zero-order valence-corrected chi connectivity index (χ0v) is 21.4. The molecule has 1 aromatic rings.